The highest BCUT2D eigenvalue weighted by atomic mass is 16.2. The van der Waals surface area contributed by atoms with Gasteiger partial charge in [-0.25, -0.2) is 0 Å². The maximum atomic E-state index is 11.7. The molecule has 0 aliphatic carbocycles. The minimum absolute atomic E-state index is 0.00985. The standard InChI is InChI=1S/C13H16N6O2/c1-10(20)17-12-8-16-19(18-12)9-13(21)15-7-4-11-2-5-14-6-3-11/h2-3,5-6,8H,4,7,9H2,1H3,(H,15,21)(H,17,18,20). The molecule has 0 radical (unpaired) electrons. The second-order valence-corrected chi connectivity index (χ2v) is 4.40. The number of amides is 2. The molecule has 0 aliphatic heterocycles. The van der Waals surface area contributed by atoms with Crippen LogP contribution in [0.25, 0.3) is 0 Å². The largest absolute Gasteiger partial charge is 0.354 e. The number of hydrogen-bond donors (Lipinski definition) is 2. The molecule has 2 N–H and O–H groups in total. The van der Waals surface area contributed by atoms with E-state index in [0.717, 1.165) is 12.0 Å². The molecule has 8 heteroatoms. The second-order valence-electron chi connectivity index (χ2n) is 4.40. The maximum absolute atomic E-state index is 11.7. The van der Waals surface area contributed by atoms with Gasteiger partial charge in [0.05, 0.1) is 6.20 Å². The van der Waals surface area contributed by atoms with Crippen LogP contribution in [-0.2, 0) is 22.6 Å². The Labute approximate surface area is 121 Å². The molecule has 110 valence electrons. The van der Waals surface area contributed by atoms with Crippen molar-refractivity contribution < 1.29 is 9.59 Å². The zero-order valence-corrected chi connectivity index (χ0v) is 11.6. The Bertz CT molecular complexity index is 610. The Balaban J connectivity index is 1.74. The van der Waals surface area contributed by atoms with E-state index in [0.29, 0.717) is 12.4 Å². The Morgan fingerprint density at radius 2 is 2.05 bits per heavy atom. The molecule has 0 atom stereocenters. The van der Waals surface area contributed by atoms with E-state index < -0.39 is 0 Å². The molecule has 0 bridgehead atoms. The smallest absolute Gasteiger partial charge is 0.243 e. The molecule has 0 spiro atoms. The minimum atomic E-state index is -0.233. The predicted molar refractivity (Wildman–Crippen MR) is 75.3 cm³/mol. The molecule has 0 saturated heterocycles. The molecule has 2 aromatic rings. The SMILES string of the molecule is CC(=O)Nc1cnn(CC(=O)NCCc2ccncc2)n1. The quantitative estimate of drug-likeness (QED) is 0.778. The summed E-state index contributed by atoms with van der Waals surface area (Å²) in [5.74, 6) is -0.0926. The van der Waals surface area contributed by atoms with E-state index in [4.69, 9.17) is 0 Å². The van der Waals surface area contributed by atoms with E-state index >= 15 is 0 Å². The Hall–Kier alpha value is -2.77. The predicted octanol–water partition coefficient (Wildman–Crippen LogP) is -0.00960. The Kier molecular flexibility index (Phi) is 4.97. The zero-order chi connectivity index (χ0) is 15.1. The van der Waals surface area contributed by atoms with Gasteiger partial charge in [-0.2, -0.15) is 9.90 Å². The van der Waals surface area contributed by atoms with Gasteiger partial charge in [0, 0.05) is 25.9 Å². The van der Waals surface area contributed by atoms with Gasteiger partial charge in [0.2, 0.25) is 11.8 Å². The fourth-order valence-electron chi connectivity index (χ4n) is 1.69. The van der Waals surface area contributed by atoms with Gasteiger partial charge < -0.3 is 10.6 Å². The van der Waals surface area contributed by atoms with Crippen molar-refractivity contribution in [1.29, 1.82) is 0 Å². The van der Waals surface area contributed by atoms with Gasteiger partial charge >= 0.3 is 0 Å². The van der Waals surface area contributed by atoms with Crippen molar-refractivity contribution in [2.24, 2.45) is 0 Å². The monoisotopic (exact) mass is 288 g/mol. The van der Waals surface area contributed by atoms with Gasteiger partial charge in [0.1, 0.15) is 6.54 Å². The minimum Gasteiger partial charge on any atom is -0.354 e. The van der Waals surface area contributed by atoms with E-state index in [1.807, 2.05) is 12.1 Å². The van der Waals surface area contributed by atoms with Gasteiger partial charge in [-0.15, -0.1) is 5.10 Å². The molecule has 0 saturated carbocycles. The first-order valence-corrected chi connectivity index (χ1v) is 6.47. The van der Waals surface area contributed by atoms with Crippen LogP contribution in [0, 0.1) is 0 Å². The Morgan fingerprint density at radius 3 is 2.76 bits per heavy atom. The summed E-state index contributed by atoms with van der Waals surface area (Å²) in [6.07, 6.45) is 5.56. The number of carbonyl (C=O) groups excluding carboxylic acids is 2. The normalized spacial score (nSPS) is 10.1. The first-order chi connectivity index (χ1) is 10.1. The topological polar surface area (TPSA) is 102 Å². The van der Waals surface area contributed by atoms with Crippen molar-refractivity contribution >= 4 is 17.6 Å². The maximum Gasteiger partial charge on any atom is 0.243 e. The number of rotatable bonds is 6. The number of hydrogen-bond acceptors (Lipinski definition) is 5. The summed E-state index contributed by atoms with van der Waals surface area (Å²) < 4.78 is 0. The number of aromatic nitrogens is 4. The van der Waals surface area contributed by atoms with Crippen LogP contribution in [0.1, 0.15) is 12.5 Å². The van der Waals surface area contributed by atoms with Crippen LogP contribution in [0.2, 0.25) is 0 Å². The van der Waals surface area contributed by atoms with Crippen molar-refractivity contribution in [1.82, 2.24) is 25.3 Å². The lowest BCUT2D eigenvalue weighted by Gasteiger charge is -2.04. The molecule has 2 rings (SSSR count). The van der Waals surface area contributed by atoms with Crippen LogP contribution in [0.5, 0.6) is 0 Å². The number of pyridine rings is 1. The summed E-state index contributed by atoms with van der Waals surface area (Å²) in [4.78, 5) is 27.7. The number of nitrogens with zero attached hydrogens (tertiary/aromatic N) is 4. The van der Waals surface area contributed by atoms with E-state index in [9.17, 15) is 9.59 Å². The fraction of sp³-hybridized carbons (Fsp3) is 0.308. The molecule has 2 heterocycles. The Morgan fingerprint density at radius 1 is 1.29 bits per heavy atom. The molecule has 0 aliphatic rings. The van der Waals surface area contributed by atoms with Crippen LogP contribution in [0.15, 0.2) is 30.7 Å². The van der Waals surface area contributed by atoms with Crippen molar-refractivity contribution in [3.8, 4) is 0 Å². The van der Waals surface area contributed by atoms with Crippen LogP contribution in [0.4, 0.5) is 5.82 Å². The third-order valence-electron chi connectivity index (χ3n) is 2.61. The number of nitrogens with one attached hydrogen (secondary N) is 2. The average Bonchev–Trinajstić information content (AvgIpc) is 2.86. The van der Waals surface area contributed by atoms with E-state index in [1.165, 1.54) is 17.9 Å². The molecule has 21 heavy (non-hydrogen) atoms. The van der Waals surface area contributed by atoms with Gasteiger partial charge in [0.15, 0.2) is 5.82 Å². The molecule has 2 aromatic heterocycles. The van der Waals surface area contributed by atoms with Gasteiger partial charge in [-0.3, -0.25) is 14.6 Å². The third-order valence-corrected chi connectivity index (χ3v) is 2.61. The van der Waals surface area contributed by atoms with E-state index in [2.05, 4.69) is 25.8 Å². The molecule has 2 amide bonds. The summed E-state index contributed by atoms with van der Waals surface area (Å²) in [6, 6.07) is 3.81. The summed E-state index contributed by atoms with van der Waals surface area (Å²) in [5.41, 5.74) is 1.11. The van der Waals surface area contributed by atoms with Crippen molar-refractivity contribution in [2.75, 3.05) is 11.9 Å². The van der Waals surface area contributed by atoms with E-state index in [-0.39, 0.29) is 18.4 Å². The number of anilines is 1. The first-order valence-electron chi connectivity index (χ1n) is 6.47. The summed E-state index contributed by atoms with van der Waals surface area (Å²) in [7, 11) is 0. The van der Waals surface area contributed by atoms with Gasteiger partial charge in [0.25, 0.3) is 0 Å². The average molecular weight is 288 g/mol. The molecule has 0 fully saturated rings. The lowest BCUT2D eigenvalue weighted by molar-refractivity contribution is -0.122. The van der Waals surface area contributed by atoms with Crippen molar-refractivity contribution in [2.45, 2.75) is 19.9 Å². The van der Waals surface area contributed by atoms with Gasteiger partial charge in [-0.05, 0) is 24.1 Å². The number of carbonyl (C=O) groups is 2. The van der Waals surface area contributed by atoms with Crippen LogP contribution < -0.4 is 10.6 Å². The molecule has 8 nitrogen and oxygen atoms in total. The van der Waals surface area contributed by atoms with Crippen molar-refractivity contribution in [3.63, 3.8) is 0 Å². The molecular formula is C13H16N6O2. The van der Waals surface area contributed by atoms with Crippen LogP contribution >= 0.6 is 0 Å². The fourth-order valence-corrected chi connectivity index (χ4v) is 1.69. The van der Waals surface area contributed by atoms with Crippen molar-refractivity contribution in [3.05, 3.63) is 36.3 Å². The highest BCUT2D eigenvalue weighted by Crippen LogP contribution is 1.98. The lowest BCUT2D eigenvalue weighted by Crippen LogP contribution is -2.30. The molecule has 0 aromatic carbocycles. The summed E-state index contributed by atoms with van der Waals surface area (Å²) >= 11 is 0. The molecule has 0 unspecified atom stereocenters. The zero-order valence-electron chi connectivity index (χ0n) is 11.6. The van der Waals surface area contributed by atoms with Gasteiger partial charge in [-0.1, -0.05) is 0 Å². The second kappa shape index (κ2) is 7.13. The first kappa shape index (κ1) is 14.6. The highest BCUT2D eigenvalue weighted by molar-refractivity contribution is 5.87. The van der Waals surface area contributed by atoms with Crippen LogP contribution in [-0.4, -0.2) is 38.3 Å². The summed E-state index contributed by atoms with van der Waals surface area (Å²) in [6.45, 7) is 1.92. The van der Waals surface area contributed by atoms with E-state index in [1.54, 1.807) is 12.4 Å². The molecular weight excluding hydrogens is 272 g/mol. The van der Waals surface area contributed by atoms with Crippen LogP contribution in [0.3, 0.4) is 0 Å². The lowest BCUT2D eigenvalue weighted by atomic mass is 10.2. The highest BCUT2D eigenvalue weighted by Gasteiger charge is 2.06. The summed E-state index contributed by atoms with van der Waals surface area (Å²) in [5, 5.41) is 13.1. The third kappa shape index (κ3) is 5.01.